The minimum Gasteiger partial charge on any atom is -0.481 e. The van der Waals surface area contributed by atoms with Gasteiger partial charge in [-0.05, 0) is 45.6 Å². The van der Waals surface area contributed by atoms with Crippen molar-refractivity contribution in [2.45, 2.75) is 38.6 Å². The minimum atomic E-state index is -0.684. The van der Waals surface area contributed by atoms with Crippen molar-refractivity contribution in [2.75, 3.05) is 13.6 Å². The van der Waals surface area contributed by atoms with Crippen LogP contribution in [0.4, 0.5) is 0 Å². The molecule has 0 spiro atoms. The highest BCUT2D eigenvalue weighted by molar-refractivity contribution is 5.81. The fourth-order valence-corrected chi connectivity index (χ4v) is 2.14. The Morgan fingerprint density at radius 2 is 1.88 bits per heavy atom. The van der Waals surface area contributed by atoms with Crippen LogP contribution in [0.25, 0.3) is 0 Å². The van der Waals surface area contributed by atoms with E-state index in [1.54, 1.807) is 7.05 Å². The van der Waals surface area contributed by atoms with Gasteiger partial charge in [0.15, 0.2) is 0 Å². The smallest absolute Gasteiger partial charge is 0.306 e. The Balaban J connectivity index is 2.22. The highest BCUT2D eigenvalue weighted by atomic mass is 16.4. The highest BCUT2D eigenvalue weighted by Gasteiger charge is 2.26. The van der Waals surface area contributed by atoms with Gasteiger partial charge in [0.2, 0.25) is 5.91 Å². The van der Waals surface area contributed by atoms with Gasteiger partial charge in [-0.3, -0.25) is 9.59 Å². The molecule has 0 aromatic carbocycles. The molecule has 0 aliphatic heterocycles. The summed E-state index contributed by atoms with van der Waals surface area (Å²) in [5.74, 6) is -0.430. The van der Waals surface area contributed by atoms with E-state index in [-0.39, 0.29) is 17.9 Å². The predicted octanol–water partition coefficient (Wildman–Crippen LogP) is 0.601. The molecule has 1 saturated carbocycles. The van der Waals surface area contributed by atoms with Crippen LogP contribution in [0.15, 0.2) is 0 Å². The van der Waals surface area contributed by atoms with E-state index in [1.807, 2.05) is 6.92 Å². The van der Waals surface area contributed by atoms with Gasteiger partial charge in [-0.1, -0.05) is 0 Å². The van der Waals surface area contributed by atoms with Gasteiger partial charge in [0.1, 0.15) is 0 Å². The van der Waals surface area contributed by atoms with E-state index in [9.17, 15) is 9.59 Å². The number of amides is 1. The van der Waals surface area contributed by atoms with Crippen molar-refractivity contribution in [1.29, 1.82) is 0 Å². The molecule has 0 aromatic rings. The molecule has 1 unspecified atom stereocenters. The molecule has 98 valence electrons. The molecule has 0 heterocycles. The Labute approximate surface area is 102 Å². The van der Waals surface area contributed by atoms with E-state index < -0.39 is 5.97 Å². The minimum absolute atomic E-state index is 0.00728. The number of hydrogen-bond donors (Lipinski definition) is 3. The fraction of sp³-hybridized carbons (Fsp3) is 0.833. The van der Waals surface area contributed by atoms with E-state index in [2.05, 4.69) is 10.6 Å². The Morgan fingerprint density at radius 1 is 1.29 bits per heavy atom. The summed E-state index contributed by atoms with van der Waals surface area (Å²) >= 11 is 0. The molecule has 5 heteroatoms. The monoisotopic (exact) mass is 242 g/mol. The van der Waals surface area contributed by atoms with Crippen molar-refractivity contribution in [3.8, 4) is 0 Å². The van der Waals surface area contributed by atoms with Gasteiger partial charge in [0.25, 0.3) is 0 Å². The Hall–Kier alpha value is -1.10. The first-order valence-corrected chi connectivity index (χ1v) is 6.22. The number of carboxylic acid groups (broad SMARTS) is 1. The van der Waals surface area contributed by atoms with E-state index in [0.29, 0.717) is 12.5 Å². The molecular formula is C12H22N2O3. The summed E-state index contributed by atoms with van der Waals surface area (Å²) in [5.41, 5.74) is 0. The standard InChI is InChI=1S/C12H22N2O3/c1-8(13-2)11(15)14-7-9-3-5-10(6-4-9)12(16)17/h8-10,13H,3-7H2,1-2H3,(H,14,15)(H,16,17). The van der Waals surface area contributed by atoms with Gasteiger partial charge in [-0.15, -0.1) is 0 Å². The number of carboxylic acids is 1. The van der Waals surface area contributed by atoms with Crippen molar-refractivity contribution in [2.24, 2.45) is 11.8 Å². The van der Waals surface area contributed by atoms with Crippen LogP contribution in [0.2, 0.25) is 0 Å². The molecule has 3 N–H and O–H groups in total. The third-order valence-electron chi connectivity index (χ3n) is 3.59. The molecule has 0 bridgehead atoms. The van der Waals surface area contributed by atoms with Gasteiger partial charge in [-0.2, -0.15) is 0 Å². The number of carbonyl (C=O) groups is 2. The summed E-state index contributed by atoms with van der Waals surface area (Å²) in [6.45, 7) is 2.48. The van der Waals surface area contributed by atoms with Crippen LogP contribution >= 0.6 is 0 Å². The Kier molecular flexibility index (Phi) is 5.41. The Morgan fingerprint density at radius 3 is 2.35 bits per heavy atom. The molecule has 1 aliphatic carbocycles. The first-order chi connectivity index (χ1) is 8.04. The molecular weight excluding hydrogens is 220 g/mol. The lowest BCUT2D eigenvalue weighted by Gasteiger charge is -2.26. The average molecular weight is 242 g/mol. The lowest BCUT2D eigenvalue weighted by molar-refractivity contribution is -0.143. The summed E-state index contributed by atoms with van der Waals surface area (Å²) in [4.78, 5) is 22.3. The predicted molar refractivity (Wildman–Crippen MR) is 64.6 cm³/mol. The number of rotatable bonds is 5. The topological polar surface area (TPSA) is 78.4 Å². The molecule has 1 rings (SSSR count). The number of hydrogen-bond acceptors (Lipinski definition) is 3. The number of aliphatic carboxylic acids is 1. The van der Waals surface area contributed by atoms with Crippen molar-refractivity contribution >= 4 is 11.9 Å². The van der Waals surface area contributed by atoms with Crippen LogP contribution in [-0.2, 0) is 9.59 Å². The van der Waals surface area contributed by atoms with Gasteiger partial charge < -0.3 is 15.7 Å². The summed E-state index contributed by atoms with van der Waals surface area (Å²) in [6, 6.07) is -0.176. The summed E-state index contributed by atoms with van der Waals surface area (Å²) in [5, 5.41) is 14.7. The van der Waals surface area contributed by atoms with Gasteiger partial charge >= 0.3 is 5.97 Å². The molecule has 0 saturated heterocycles. The van der Waals surface area contributed by atoms with Crippen molar-refractivity contribution in [1.82, 2.24) is 10.6 Å². The third-order valence-corrected chi connectivity index (χ3v) is 3.59. The highest BCUT2D eigenvalue weighted by Crippen LogP contribution is 2.28. The fourth-order valence-electron chi connectivity index (χ4n) is 2.14. The second-order valence-electron chi connectivity index (χ2n) is 4.81. The molecule has 17 heavy (non-hydrogen) atoms. The molecule has 5 nitrogen and oxygen atoms in total. The molecule has 0 aromatic heterocycles. The first kappa shape index (κ1) is 14.0. The van der Waals surface area contributed by atoms with Crippen molar-refractivity contribution in [3.05, 3.63) is 0 Å². The van der Waals surface area contributed by atoms with Crippen LogP contribution in [0.1, 0.15) is 32.6 Å². The van der Waals surface area contributed by atoms with E-state index in [0.717, 1.165) is 25.7 Å². The lowest BCUT2D eigenvalue weighted by atomic mass is 9.82. The van der Waals surface area contributed by atoms with Gasteiger partial charge in [0, 0.05) is 6.54 Å². The second kappa shape index (κ2) is 6.59. The zero-order valence-electron chi connectivity index (χ0n) is 10.5. The van der Waals surface area contributed by atoms with E-state index >= 15 is 0 Å². The number of carbonyl (C=O) groups excluding carboxylic acids is 1. The van der Waals surface area contributed by atoms with Crippen LogP contribution in [-0.4, -0.2) is 36.6 Å². The molecule has 0 radical (unpaired) electrons. The maximum atomic E-state index is 11.5. The van der Waals surface area contributed by atoms with Crippen LogP contribution < -0.4 is 10.6 Å². The molecule has 1 fully saturated rings. The van der Waals surface area contributed by atoms with Crippen LogP contribution in [0.5, 0.6) is 0 Å². The van der Waals surface area contributed by atoms with Crippen LogP contribution in [0, 0.1) is 11.8 Å². The largest absolute Gasteiger partial charge is 0.481 e. The van der Waals surface area contributed by atoms with E-state index in [4.69, 9.17) is 5.11 Å². The number of nitrogens with one attached hydrogen (secondary N) is 2. The second-order valence-corrected chi connectivity index (χ2v) is 4.81. The zero-order chi connectivity index (χ0) is 12.8. The zero-order valence-corrected chi connectivity index (χ0v) is 10.5. The SMILES string of the molecule is CNC(C)C(=O)NCC1CCC(C(=O)O)CC1. The maximum Gasteiger partial charge on any atom is 0.306 e. The Bertz CT molecular complexity index is 273. The quantitative estimate of drug-likeness (QED) is 0.659. The molecule has 1 atom stereocenters. The summed E-state index contributed by atoms with van der Waals surface area (Å²) in [6.07, 6.45) is 3.26. The first-order valence-electron chi connectivity index (χ1n) is 6.22. The molecule has 1 amide bonds. The van der Waals surface area contributed by atoms with Crippen molar-refractivity contribution < 1.29 is 14.7 Å². The van der Waals surface area contributed by atoms with Gasteiger partial charge in [0.05, 0.1) is 12.0 Å². The number of likely N-dealkylation sites (N-methyl/N-ethyl adjacent to an activating group) is 1. The maximum absolute atomic E-state index is 11.5. The normalized spacial score (nSPS) is 26.2. The van der Waals surface area contributed by atoms with E-state index in [1.165, 1.54) is 0 Å². The average Bonchev–Trinajstić information content (AvgIpc) is 2.35. The van der Waals surface area contributed by atoms with Gasteiger partial charge in [-0.25, -0.2) is 0 Å². The third kappa shape index (κ3) is 4.34. The van der Waals surface area contributed by atoms with Crippen molar-refractivity contribution in [3.63, 3.8) is 0 Å². The summed E-state index contributed by atoms with van der Waals surface area (Å²) in [7, 11) is 1.75. The summed E-state index contributed by atoms with van der Waals surface area (Å²) < 4.78 is 0. The van der Waals surface area contributed by atoms with Crippen LogP contribution in [0.3, 0.4) is 0 Å². The lowest BCUT2D eigenvalue weighted by Crippen LogP contribution is -2.42. The molecule has 1 aliphatic rings.